The second-order valence-corrected chi connectivity index (χ2v) is 8.37. The molecule has 4 N–H and O–H groups in total. The van der Waals surface area contributed by atoms with Crippen molar-refractivity contribution in [3.05, 3.63) is 59.7 Å². The van der Waals surface area contributed by atoms with Crippen LogP contribution in [0.15, 0.2) is 48.5 Å². The molecule has 2 amide bonds. The quantitative estimate of drug-likeness (QED) is 0.501. The lowest BCUT2D eigenvalue weighted by atomic mass is 9.78. The van der Waals surface area contributed by atoms with E-state index in [0.717, 1.165) is 11.1 Å². The number of carboxylic acid groups (broad SMARTS) is 1. The van der Waals surface area contributed by atoms with Crippen molar-refractivity contribution < 1.29 is 29.3 Å². The van der Waals surface area contributed by atoms with Gasteiger partial charge >= 0.3 is 12.1 Å². The van der Waals surface area contributed by atoms with E-state index in [2.05, 4.69) is 34.9 Å². The lowest BCUT2D eigenvalue weighted by Crippen LogP contribution is -2.46. The number of aliphatic hydroxyl groups is 1. The predicted octanol–water partition coefficient (Wildman–Crippen LogP) is 2.26. The lowest BCUT2D eigenvalue weighted by molar-refractivity contribution is -0.146. The molecule has 1 atom stereocenters. The average molecular weight is 438 g/mol. The van der Waals surface area contributed by atoms with Crippen LogP contribution in [0, 0.1) is 5.92 Å². The van der Waals surface area contributed by atoms with Gasteiger partial charge in [-0.25, -0.2) is 9.59 Å². The van der Waals surface area contributed by atoms with Crippen molar-refractivity contribution >= 4 is 18.0 Å². The van der Waals surface area contributed by atoms with E-state index >= 15 is 0 Å². The number of alkyl carbamates (subject to hydrolysis) is 1. The van der Waals surface area contributed by atoms with E-state index in [-0.39, 0.29) is 43.4 Å². The number of ether oxygens (including phenoxy) is 1. The largest absolute Gasteiger partial charge is 0.479 e. The first-order chi connectivity index (χ1) is 15.4. The first kappa shape index (κ1) is 21.8. The standard InChI is InChI=1S/C24H26N2O6/c27-21(23(29)30)12-25-22(28)11-14-9-15(10-14)26-24(31)32-13-20-18-7-3-1-5-16(18)17-6-2-4-8-19(17)20/h1-8,14-15,20-21,27H,9-13H2,(H,25,28)(H,26,31)(H,29,30). The van der Waals surface area contributed by atoms with Crippen LogP contribution in [0.1, 0.15) is 36.3 Å². The number of nitrogens with one attached hydrogen (secondary N) is 2. The molecule has 0 saturated heterocycles. The molecule has 168 valence electrons. The molecule has 2 aliphatic rings. The number of hydrogen-bond acceptors (Lipinski definition) is 5. The van der Waals surface area contributed by atoms with Gasteiger partial charge in [-0.05, 0) is 41.0 Å². The Balaban J connectivity index is 1.20. The topological polar surface area (TPSA) is 125 Å². The van der Waals surface area contributed by atoms with Gasteiger partial charge in [0, 0.05) is 18.4 Å². The maximum Gasteiger partial charge on any atom is 0.407 e. The van der Waals surface area contributed by atoms with Crippen LogP contribution in [-0.2, 0) is 14.3 Å². The van der Waals surface area contributed by atoms with E-state index in [1.807, 2.05) is 24.3 Å². The number of rotatable bonds is 8. The highest BCUT2D eigenvalue weighted by atomic mass is 16.5. The number of hydrogen-bond donors (Lipinski definition) is 4. The average Bonchev–Trinajstić information content (AvgIpc) is 3.08. The van der Waals surface area contributed by atoms with Gasteiger partial charge in [0.25, 0.3) is 0 Å². The van der Waals surface area contributed by atoms with Crippen LogP contribution < -0.4 is 10.6 Å². The van der Waals surface area contributed by atoms with Gasteiger partial charge in [-0.1, -0.05) is 48.5 Å². The van der Waals surface area contributed by atoms with E-state index < -0.39 is 18.2 Å². The van der Waals surface area contributed by atoms with Crippen molar-refractivity contribution in [2.24, 2.45) is 5.92 Å². The van der Waals surface area contributed by atoms with Crippen LogP contribution in [-0.4, -0.2) is 53.5 Å². The highest BCUT2D eigenvalue weighted by Crippen LogP contribution is 2.44. The summed E-state index contributed by atoms with van der Waals surface area (Å²) in [4.78, 5) is 34.7. The summed E-state index contributed by atoms with van der Waals surface area (Å²) >= 11 is 0. The Bertz CT molecular complexity index is 972. The third-order valence-electron chi connectivity index (χ3n) is 6.15. The SMILES string of the molecule is O=C(CC1CC(NC(=O)OCC2c3ccccc3-c3ccccc32)C1)NCC(O)C(=O)O. The van der Waals surface area contributed by atoms with Crippen LogP contribution in [0.25, 0.3) is 11.1 Å². The number of benzene rings is 2. The summed E-state index contributed by atoms with van der Waals surface area (Å²) in [7, 11) is 0. The van der Waals surface area contributed by atoms with Crippen molar-refractivity contribution in [2.45, 2.75) is 37.3 Å². The Kier molecular flexibility index (Phi) is 6.41. The Hall–Kier alpha value is -3.39. The Morgan fingerprint density at radius 1 is 1.00 bits per heavy atom. The fraction of sp³-hybridized carbons (Fsp3) is 0.375. The molecular weight excluding hydrogens is 412 g/mol. The zero-order chi connectivity index (χ0) is 22.7. The molecule has 0 radical (unpaired) electrons. The molecule has 32 heavy (non-hydrogen) atoms. The predicted molar refractivity (Wildman–Crippen MR) is 116 cm³/mol. The molecule has 8 nitrogen and oxygen atoms in total. The maximum atomic E-state index is 12.3. The molecule has 8 heteroatoms. The van der Waals surface area contributed by atoms with Gasteiger partial charge in [-0.2, -0.15) is 0 Å². The van der Waals surface area contributed by atoms with Crippen LogP contribution in [0.3, 0.4) is 0 Å². The van der Waals surface area contributed by atoms with E-state index in [9.17, 15) is 19.5 Å². The molecule has 0 aliphatic heterocycles. The molecular formula is C24H26N2O6. The molecule has 0 bridgehead atoms. The number of carboxylic acids is 1. The molecule has 1 unspecified atom stereocenters. The zero-order valence-electron chi connectivity index (χ0n) is 17.5. The minimum Gasteiger partial charge on any atom is -0.479 e. The fourth-order valence-electron chi connectivity index (χ4n) is 4.46. The minimum atomic E-state index is -1.61. The third-order valence-corrected chi connectivity index (χ3v) is 6.15. The highest BCUT2D eigenvalue weighted by molar-refractivity contribution is 5.79. The summed E-state index contributed by atoms with van der Waals surface area (Å²) in [6, 6.07) is 16.3. The van der Waals surface area contributed by atoms with Crippen LogP contribution in [0.2, 0.25) is 0 Å². The van der Waals surface area contributed by atoms with Gasteiger partial charge in [0.2, 0.25) is 5.91 Å². The first-order valence-electron chi connectivity index (χ1n) is 10.7. The number of aliphatic carboxylic acids is 1. The van der Waals surface area contributed by atoms with Crippen LogP contribution in [0.4, 0.5) is 4.79 Å². The summed E-state index contributed by atoms with van der Waals surface area (Å²) in [6.45, 7) is -0.0629. The van der Waals surface area contributed by atoms with Crippen molar-refractivity contribution in [1.29, 1.82) is 0 Å². The van der Waals surface area contributed by atoms with Gasteiger partial charge < -0.3 is 25.6 Å². The molecule has 1 fully saturated rings. The van der Waals surface area contributed by atoms with Crippen LogP contribution in [0.5, 0.6) is 0 Å². The van der Waals surface area contributed by atoms with Crippen molar-refractivity contribution in [3.63, 3.8) is 0 Å². The fourth-order valence-corrected chi connectivity index (χ4v) is 4.46. The van der Waals surface area contributed by atoms with E-state index in [0.29, 0.717) is 12.8 Å². The van der Waals surface area contributed by atoms with Crippen molar-refractivity contribution in [1.82, 2.24) is 10.6 Å². The lowest BCUT2D eigenvalue weighted by Gasteiger charge is -2.35. The molecule has 0 aromatic heterocycles. The van der Waals surface area contributed by atoms with Crippen LogP contribution >= 0.6 is 0 Å². The number of fused-ring (bicyclic) bond motifs is 3. The minimum absolute atomic E-state index is 0.00661. The Labute approximate surface area is 185 Å². The maximum absolute atomic E-state index is 12.3. The van der Waals surface area contributed by atoms with E-state index in [1.54, 1.807) is 0 Å². The van der Waals surface area contributed by atoms with E-state index in [1.165, 1.54) is 11.1 Å². The number of aliphatic hydroxyl groups excluding tert-OH is 1. The number of carbonyl (C=O) groups is 3. The van der Waals surface area contributed by atoms with E-state index in [4.69, 9.17) is 9.84 Å². The molecule has 2 aromatic carbocycles. The smallest absolute Gasteiger partial charge is 0.407 e. The molecule has 2 aromatic rings. The monoisotopic (exact) mass is 438 g/mol. The first-order valence-corrected chi connectivity index (χ1v) is 10.7. The van der Waals surface area contributed by atoms with Gasteiger partial charge in [-0.15, -0.1) is 0 Å². The van der Waals surface area contributed by atoms with Crippen molar-refractivity contribution in [3.8, 4) is 11.1 Å². The molecule has 2 aliphatic carbocycles. The molecule has 1 saturated carbocycles. The Morgan fingerprint density at radius 3 is 2.19 bits per heavy atom. The Morgan fingerprint density at radius 2 is 1.59 bits per heavy atom. The third kappa shape index (κ3) is 4.75. The normalized spacial score (nSPS) is 19.8. The summed E-state index contributed by atoms with van der Waals surface area (Å²) < 4.78 is 5.54. The molecule has 0 spiro atoms. The number of amides is 2. The number of carbonyl (C=O) groups excluding carboxylic acids is 2. The zero-order valence-corrected chi connectivity index (χ0v) is 17.5. The summed E-state index contributed by atoms with van der Waals surface area (Å²) in [5.74, 6) is -1.57. The summed E-state index contributed by atoms with van der Waals surface area (Å²) in [5.41, 5.74) is 4.66. The van der Waals surface area contributed by atoms with Crippen molar-refractivity contribution in [2.75, 3.05) is 13.2 Å². The molecule has 4 rings (SSSR count). The van der Waals surface area contributed by atoms with Gasteiger partial charge in [-0.3, -0.25) is 4.79 Å². The summed E-state index contributed by atoms with van der Waals surface area (Å²) in [5, 5.41) is 23.0. The molecule has 0 heterocycles. The van der Waals surface area contributed by atoms with Gasteiger partial charge in [0.15, 0.2) is 6.10 Å². The second-order valence-electron chi connectivity index (χ2n) is 8.37. The van der Waals surface area contributed by atoms with Gasteiger partial charge in [0.1, 0.15) is 6.61 Å². The highest BCUT2D eigenvalue weighted by Gasteiger charge is 2.33. The summed E-state index contributed by atoms with van der Waals surface area (Å²) in [6.07, 6.45) is -0.541. The second kappa shape index (κ2) is 9.40. The van der Waals surface area contributed by atoms with Gasteiger partial charge in [0.05, 0.1) is 6.54 Å².